The molecule has 0 amide bonds. The quantitative estimate of drug-likeness (QED) is 0.693. The van der Waals surface area contributed by atoms with Crippen LogP contribution < -0.4 is 15.2 Å². The summed E-state index contributed by atoms with van der Waals surface area (Å²) < 4.78 is 23.8. The number of rotatable bonds is 1. The molecule has 0 saturated carbocycles. The van der Waals surface area contributed by atoms with Crippen LogP contribution in [-0.4, -0.2) is 22.1 Å². The molecule has 0 unspecified atom stereocenters. The zero-order valence-corrected chi connectivity index (χ0v) is 8.53. The van der Waals surface area contributed by atoms with E-state index in [4.69, 9.17) is 15.2 Å². The van der Waals surface area contributed by atoms with Gasteiger partial charge < -0.3 is 20.3 Å². The molecule has 3 rings (SSSR count). The SMILES string of the molecule is Nc1[nH]ncc1-c1c(O)c(F)cc2c1OCO2. The minimum absolute atomic E-state index is 0.0248. The van der Waals surface area contributed by atoms with Crippen LogP contribution in [0, 0.1) is 5.82 Å². The Bertz CT molecular complexity index is 597. The lowest BCUT2D eigenvalue weighted by Crippen LogP contribution is -1.94. The van der Waals surface area contributed by atoms with Gasteiger partial charge in [0.2, 0.25) is 6.79 Å². The Hall–Kier alpha value is -2.44. The largest absolute Gasteiger partial charge is 0.504 e. The van der Waals surface area contributed by atoms with Gasteiger partial charge in [0.05, 0.1) is 17.3 Å². The van der Waals surface area contributed by atoms with Gasteiger partial charge >= 0.3 is 0 Å². The number of nitrogens with two attached hydrogens (primary N) is 1. The Labute approximate surface area is 94.8 Å². The van der Waals surface area contributed by atoms with Crippen molar-refractivity contribution < 1.29 is 19.0 Å². The van der Waals surface area contributed by atoms with Gasteiger partial charge in [0, 0.05) is 6.07 Å². The van der Waals surface area contributed by atoms with E-state index in [1.54, 1.807) is 0 Å². The number of phenolic OH excluding ortho intramolecular Hbond substituents is 1. The molecular weight excluding hydrogens is 229 g/mol. The zero-order valence-electron chi connectivity index (χ0n) is 8.53. The number of phenols is 1. The standard InChI is InChI=1S/C10H8FN3O3/c11-5-1-6-9(17-3-16-6)7(8(5)15)4-2-13-14-10(4)12/h1-2,15H,3H2,(H3,12,13,14). The van der Waals surface area contributed by atoms with E-state index < -0.39 is 11.6 Å². The molecule has 2 heterocycles. The lowest BCUT2D eigenvalue weighted by atomic mass is 10.1. The van der Waals surface area contributed by atoms with Crippen molar-refractivity contribution in [1.82, 2.24) is 10.2 Å². The molecule has 1 aromatic carbocycles. The normalized spacial score (nSPS) is 13.0. The molecule has 0 aliphatic carbocycles. The molecule has 7 heteroatoms. The molecule has 1 aliphatic rings. The molecule has 88 valence electrons. The summed E-state index contributed by atoms with van der Waals surface area (Å²) in [5.74, 6) is -0.635. The molecule has 0 spiro atoms. The van der Waals surface area contributed by atoms with E-state index in [2.05, 4.69) is 10.2 Å². The predicted molar refractivity (Wildman–Crippen MR) is 56.2 cm³/mol. The molecular formula is C10H8FN3O3. The van der Waals surface area contributed by atoms with E-state index in [1.165, 1.54) is 6.20 Å². The number of anilines is 1. The lowest BCUT2D eigenvalue weighted by molar-refractivity contribution is 0.174. The first-order chi connectivity index (χ1) is 8.18. The number of aromatic nitrogens is 2. The minimum Gasteiger partial charge on any atom is -0.504 e. The molecule has 2 aromatic rings. The van der Waals surface area contributed by atoms with Crippen LogP contribution in [0.5, 0.6) is 17.2 Å². The summed E-state index contributed by atoms with van der Waals surface area (Å²) in [6.45, 7) is -0.0248. The third kappa shape index (κ3) is 1.28. The second-order valence-electron chi connectivity index (χ2n) is 3.51. The van der Waals surface area contributed by atoms with Crippen molar-refractivity contribution in [2.24, 2.45) is 0 Å². The number of fused-ring (bicyclic) bond motifs is 1. The van der Waals surface area contributed by atoms with Gasteiger partial charge in [-0.15, -0.1) is 0 Å². The molecule has 0 atom stereocenters. The van der Waals surface area contributed by atoms with E-state index in [1.807, 2.05) is 0 Å². The molecule has 6 nitrogen and oxygen atoms in total. The van der Waals surface area contributed by atoms with Crippen LogP contribution in [0.25, 0.3) is 11.1 Å². The van der Waals surface area contributed by atoms with Gasteiger partial charge in [-0.05, 0) is 0 Å². The van der Waals surface area contributed by atoms with Crippen molar-refractivity contribution in [3.8, 4) is 28.4 Å². The number of hydrogen-bond acceptors (Lipinski definition) is 5. The first kappa shape index (κ1) is 9.76. The summed E-state index contributed by atoms with van der Waals surface area (Å²) in [6.07, 6.45) is 1.38. The van der Waals surface area contributed by atoms with Crippen molar-refractivity contribution in [2.75, 3.05) is 12.5 Å². The van der Waals surface area contributed by atoms with Gasteiger partial charge in [-0.1, -0.05) is 0 Å². The van der Waals surface area contributed by atoms with Crippen LogP contribution in [0.3, 0.4) is 0 Å². The number of ether oxygens (including phenoxy) is 2. The number of hydrogen-bond donors (Lipinski definition) is 3. The number of halogens is 1. The number of aromatic amines is 1. The van der Waals surface area contributed by atoms with Gasteiger partial charge in [-0.25, -0.2) is 4.39 Å². The fourth-order valence-electron chi connectivity index (χ4n) is 1.75. The molecule has 0 radical (unpaired) electrons. The Morgan fingerprint density at radius 3 is 3.00 bits per heavy atom. The first-order valence-corrected chi connectivity index (χ1v) is 4.78. The predicted octanol–water partition coefficient (Wildman–Crippen LogP) is 1.23. The smallest absolute Gasteiger partial charge is 0.231 e. The summed E-state index contributed by atoms with van der Waals surface area (Å²) in [4.78, 5) is 0. The van der Waals surface area contributed by atoms with Gasteiger partial charge in [0.25, 0.3) is 0 Å². The van der Waals surface area contributed by atoms with Crippen molar-refractivity contribution in [3.05, 3.63) is 18.1 Å². The molecule has 0 fully saturated rings. The van der Waals surface area contributed by atoms with E-state index in [0.717, 1.165) is 6.07 Å². The Morgan fingerprint density at radius 1 is 1.47 bits per heavy atom. The van der Waals surface area contributed by atoms with E-state index >= 15 is 0 Å². The van der Waals surface area contributed by atoms with Crippen molar-refractivity contribution >= 4 is 5.82 Å². The maximum atomic E-state index is 13.5. The number of H-pyrrole nitrogens is 1. The minimum atomic E-state index is -0.801. The average molecular weight is 237 g/mol. The van der Waals surface area contributed by atoms with Gasteiger partial charge in [0.15, 0.2) is 23.1 Å². The van der Waals surface area contributed by atoms with Crippen LogP contribution in [0.4, 0.5) is 10.2 Å². The fourth-order valence-corrected chi connectivity index (χ4v) is 1.75. The number of aromatic hydroxyl groups is 1. The highest BCUT2D eigenvalue weighted by molar-refractivity contribution is 5.85. The highest BCUT2D eigenvalue weighted by Gasteiger charge is 2.27. The maximum absolute atomic E-state index is 13.5. The van der Waals surface area contributed by atoms with Crippen LogP contribution in [0.15, 0.2) is 12.3 Å². The average Bonchev–Trinajstić information content (AvgIpc) is 2.89. The molecule has 0 saturated heterocycles. The summed E-state index contributed by atoms with van der Waals surface area (Å²) >= 11 is 0. The van der Waals surface area contributed by atoms with E-state index in [-0.39, 0.29) is 29.7 Å². The van der Waals surface area contributed by atoms with E-state index in [0.29, 0.717) is 5.56 Å². The number of nitrogens with one attached hydrogen (secondary N) is 1. The van der Waals surface area contributed by atoms with Crippen molar-refractivity contribution in [3.63, 3.8) is 0 Å². The van der Waals surface area contributed by atoms with Crippen LogP contribution in [-0.2, 0) is 0 Å². The molecule has 1 aromatic heterocycles. The number of nitrogen functional groups attached to an aromatic ring is 1. The highest BCUT2D eigenvalue weighted by atomic mass is 19.1. The molecule has 17 heavy (non-hydrogen) atoms. The summed E-state index contributed by atoms with van der Waals surface area (Å²) in [6, 6.07) is 1.07. The Morgan fingerprint density at radius 2 is 2.29 bits per heavy atom. The number of benzene rings is 1. The highest BCUT2D eigenvalue weighted by Crippen LogP contribution is 2.48. The third-order valence-corrected chi connectivity index (χ3v) is 2.53. The third-order valence-electron chi connectivity index (χ3n) is 2.53. The first-order valence-electron chi connectivity index (χ1n) is 4.78. The zero-order chi connectivity index (χ0) is 12.0. The van der Waals surface area contributed by atoms with E-state index in [9.17, 15) is 9.50 Å². The summed E-state index contributed by atoms with van der Waals surface area (Å²) in [5.41, 5.74) is 6.14. The Kier molecular flexibility index (Phi) is 1.88. The van der Waals surface area contributed by atoms with Crippen LogP contribution in [0.2, 0.25) is 0 Å². The molecule has 1 aliphatic heterocycles. The van der Waals surface area contributed by atoms with Crippen LogP contribution >= 0.6 is 0 Å². The second-order valence-corrected chi connectivity index (χ2v) is 3.51. The van der Waals surface area contributed by atoms with Gasteiger partial charge in [-0.3, -0.25) is 5.10 Å². The Balaban J connectivity index is 2.33. The van der Waals surface area contributed by atoms with Crippen LogP contribution in [0.1, 0.15) is 0 Å². The maximum Gasteiger partial charge on any atom is 0.231 e. The summed E-state index contributed by atoms with van der Waals surface area (Å²) in [5, 5.41) is 16.0. The summed E-state index contributed by atoms with van der Waals surface area (Å²) in [7, 11) is 0. The van der Waals surface area contributed by atoms with Gasteiger partial charge in [0.1, 0.15) is 5.82 Å². The molecule has 4 N–H and O–H groups in total. The monoisotopic (exact) mass is 237 g/mol. The van der Waals surface area contributed by atoms with Crippen molar-refractivity contribution in [2.45, 2.75) is 0 Å². The molecule has 0 bridgehead atoms. The van der Waals surface area contributed by atoms with Crippen molar-refractivity contribution in [1.29, 1.82) is 0 Å². The topological polar surface area (TPSA) is 93.4 Å². The number of nitrogens with zero attached hydrogens (tertiary/aromatic N) is 1. The second kappa shape index (κ2) is 3.27. The lowest BCUT2D eigenvalue weighted by Gasteiger charge is -2.08. The van der Waals surface area contributed by atoms with Gasteiger partial charge in [-0.2, -0.15) is 5.10 Å². The fraction of sp³-hybridized carbons (Fsp3) is 0.100.